The molecule has 0 atom stereocenters. The van der Waals surface area contributed by atoms with Crippen LogP contribution in [-0.2, 0) is 17.7 Å². The van der Waals surface area contributed by atoms with E-state index in [0.29, 0.717) is 6.54 Å². The Bertz CT molecular complexity index is 847. The highest BCUT2D eigenvalue weighted by Crippen LogP contribution is 2.15. The number of non-ortho nitro benzene ring substituents is 1. The van der Waals surface area contributed by atoms with Gasteiger partial charge in [-0.05, 0) is 37.3 Å². The van der Waals surface area contributed by atoms with E-state index in [4.69, 9.17) is 9.73 Å². The van der Waals surface area contributed by atoms with Crippen molar-refractivity contribution >= 4 is 23.0 Å². The SMILES string of the molecule is CC(C)(CNC(=NCc1ccc([N+](=O)[O-])cc1)NCCc1cccs1)N1CCOCC1. The number of hydrogen-bond acceptors (Lipinski definition) is 6. The zero-order valence-electron chi connectivity index (χ0n) is 18.2. The molecule has 3 rings (SSSR count). The summed E-state index contributed by atoms with van der Waals surface area (Å²) in [6, 6.07) is 10.7. The number of guanidine groups is 1. The van der Waals surface area contributed by atoms with Crippen LogP contribution in [0, 0.1) is 10.1 Å². The van der Waals surface area contributed by atoms with Crippen LogP contribution in [0.5, 0.6) is 0 Å². The average molecular weight is 446 g/mol. The lowest BCUT2D eigenvalue weighted by Gasteiger charge is -2.41. The molecule has 0 spiro atoms. The van der Waals surface area contributed by atoms with E-state index in [1.165, 1.54) is 17.0 Å². The van der Waals surface area contributed by atoms with Gasteiger partial charge in [-0.3, -0.25) is 15.0 Å². The normalized spacial score (nSPS) is 15.6. The number of nitro groups is 1. The Morgan fingerprint density at radius 2 is 1.97 bits per heavy atom. The summed E-state index contributed by atoms with van der Waals surface area (Å²) in [6.07, 6.45) is 0.933. The molecule has 0 aliphatic carbocycles. The van der Waals surface area contributed by atoms with E-state index in [1.807, 2.05) is 0 Å². The smallest absolute Gasteiger partial charge is 0.269 e. The summed E-state index contributed by atoms with van der Waals surface area (Å²) in [4.78, 5) is 18.9. The van der Waals surface area contributed by atoms with Crippen LogP contribution in [0.3, 0.4) is 0 Å². The number of thiophene rings is 1. The standard InChI is InChI=1S/C22H31N5O3S/c1-22(2,26-11-13-30-14-12-26)17-25-21(23-10-9-20-4-3-15-31-20)24-16-18-5-7-19(8-6-18)27(28)29/h3-8,15H,9-14,16-17H2,1-2H3,(H2,23,24,25). The van der Waals surface area contributed by atoms with Crippen molar-refractivity contribution in [1.82, 2.24) is 15.5 Å². The molecule has 1 aromatic carbocycles. The minimum atomic E-state index is -0.389. The fraction of sp³-hybridized carbons (Fsp3) is 0.500. The van der Waals surface area contributed by atoms with Gasteiger partial charge < -0.3 is 15.4 Å². The number of nitro benzene ring substituents is 1. The van der Waals surface area contributed by atoms with E-state index in [2.05, 4.69) is 46.9 Å². The van der Waals surface area contributed by atoms with Crippen molar-refractivity contribution in [3.8, 4) is 0 Å². The molecule has 0 amide bonds. The minimum absolute atomic E-state index is 0.0344. The van der Waals surface area contributed by atoms with E-state index in [9.17, 15) is 10.1 Å². The van der Waals surface area contributed by atoms with Gasteiger partial charge in [0.05, 0.1) is 24.7 Å². The molecule has 31 heavy (non-hydrogen) atoms. The summed E-state index contributed by atoms with van der Waals surface area (Å²) >= 11 is 1.75. The number of aliphatic imine (C=N–C) groups is 1. The van der Waals surface area contributed by atoms with E-state index < -0.39 is 0 Å². The van der Waals surface area contributed by atoms with Crippen LogP contribution in [0.25, 0.3) is 0 Å². The van der Waals surface area contributed by atoms with Gasteiger partial charge in [0.25, 0.3) is 5.69 Å². The molecule has 0 unspecified atom stereocenters. The summed E-state index contributed by atoms with van der Waals surface area (Å²) in [7, 11) is 0. The maximum atomic E-state index is 10.9. The Morgan fingerprint density at radius 3 is 2.61 bits per heavy atom. The van der Waals surface area contributed by atoms with E-state index in [-0.39, 0.29) is 16.1 Å². The molecule has 1 aromatic heterocycles. The Balaban J connectivity index is 1.61. The summed E-state index contributed by atoms with van der Waals surface area (Å²) in [6.45, 7) is 9.82. The predicted molar refractivity (Wildman–Crippen MR) is 125 cm³/mol. The molecule has 0 bridgehead atoms. The monoisotopic (exact) mass is 445 g/mol. The molecule has 8 nitrogen and oxygen atoms in total. The summed E-state index contributed by atoms with van der Waals surface area (Å²) in [5.74, 6) is 0.747. The summed E-state index contributed by atoms with van der Waals surface area (Å²) < 4.78 is 5.48. The van der Waals surface area contributed by atoms with Crippen molar-refractivity contribution in [3.05, 3.63) is 62.3 Å². The van der Waals surface area contributed by atoms with Gasteiger partial charge in [-0.2, -0.15) is 0 Å². The Labute approximate surface area is 187 Å². The van der Waals surface area contributed by atoms with Gasteiger partial charge in [0.1, 0.15) is 0 Å². The van der Waals surface area contributed by atoms with Crippen LogP contribution >= 0.6 is 11.3 Å². The van der Waals surface area contributed by atoms with E-state index in [0.717, 1.165) is 57.3 Å². The third-order valence-electron chi connectivity index (χ3n) is 5.37. The zero-order valence-corrected chi connectivity index (χ0v) is 19.0. The van der Waals surface area contributed by atoms with Crippen LogP contribution in [0.2, 0.25) is 0 Å². The molecule has 1 aliphatic heterocycles. The lowest BCUT2D eigenvalue weighted by molar-refractivity contribution is -0.384. The molecule has 2 heterocycles. The molecular formula is C22H31N5O3S. The quantitative estimate of drug-likeness (QED) is 0.267. The van der Waals surface area contributed by atoms with Crippen molar-refractivity contribution in [2.45, 2.75) is 32.4 Å². The maximum absolute atomic E-state index is 10.9. The first-order valence-electron chi connectivity index (χ1n) is 10.5. The second-order valence-corrected chi connectivity index (χ2v) is 9.14. The van der Waals surface area contributed by atoms with Gasteiger partial charge in [0.2, 0.25) is 0 Å². The van der Waals surface area contributed by atoms with Crippen LogP contribution in [0.1, 0.15) is 24.3 Å². The van der Waals surface area contributed by atoms with Crippen LogP contribution in [0.15, 0.2) is 46.8 Å². The fourth-order valence-electron chi connectivity index (χ4n) is 3.41. The molecule has 1 fully saturated rings. The molecule has 2 N–H and O–H groups in total. The second kappa shape index (κ2) is 11.2. The first kappa shape index (κ1) is 23.2. The highest BCUT2D eigenvalue weighted by Gasteiger charge is 2.28. The van der Waals surface area contributed by atoms with Gasteiger partial charge in [-0.15, -0.1) is 11.3 Å². The highest BCUT2D eigenvalue weighted by atomic mass is 32.1. The van der Waals surface area contributed by atoms with Crippen molar-refractivity contribution in [1.29, 1.82) is 0 Å². The fourth-order valence-corrected chi connectivity index (χ4v) is 4.12. The van der Waals surface area contributed by atoms with Gasteiger partial charge in [-0.1, -0.05) is 18.2 Å². The second-order valence-electron chi connectivity index (χ2n) is 8.11. The minimum Gasteiger partial charge on any atom is -0.379 e. The van der Waals surface area contributed by atoms with Crippen molar-refractivity contribution in [2.75, 3.05) is 39.4 Å². The van der Waals surface area contributed by atoms with E-state index >= 15 is 0 Å². The molecule has 1 saturated heterocycles. The first-order valence-corrected chi connectivity index (χ1v) is 11.4. The third-order valence-corrected chi connectivity index (χ3v) is 6.30. The molecule has 9 heteroatoms. The van der Waals surface area contributed by atoms with Crippen molar-refractivity contribution < 1.29 is 9.66 Å². The van der Waals surface area contributed by atoms with Crippen molar-refractivity contribution in [2.24, 2.45) is 4.99 Å². The highest BCUT2D eigenvalue weighted by molar-refractivity contribution is 7.09. The molecule has 1 aliphatic rings. The lowest BCUT2D eigenvalue weighted by atomic mass is 10.0. The predicted octanol–water partition coefficient (Wildman–Crippen LogP) is 3.05. The zero-order chi connectivity index (χ0) is 22.1. The van der Waals surface area contributed by atoms with Crippen LogP contribution in [-0.4, -0.2) is 60.7 Å². The number of nitrogens with zero attached hydrogens (tertiary/aromatic N) is 3. The number of rotatable bonds is 9. The maximum Gasteiger partial charge on any atom is 0.269 e. The average Bonchev–Trinajstić information content (AvgIpc) is 3.29. The lowest BCUT2D eigenvalue weighted by Crippen LogP contribution is -2.56. The number of ether oxygens (including phenoxy) is 1. The van der Waals surface area contributed by atoms with Crippen LogP contribution in [0.4, 0.5) is 5.69 Å². The molecule has 0 saturated carbocycles. The molecule has 0 radical (unpaired) electrons. The van der Waals surface area contributed by atoms with Gasteiger partial charge in [0, 0.05) is 48.7 Å². The number of benzene rings is 1. The molecular weight excluding hydrogens is 414 g/mol. The molecule has 168 valence electrons. The van der Waals surface area contributed by atoms with Gasteiger partial charge in [-0.25, -0.2) is 4.99 Å². The Morgan fingerprint density at radius 1 is 1.23 bits per heavy atom. The summed E-state index contributed by atoms with van der Waals surface area (Å²) in [5.41, 5.74) is 0.984. The molecule has 2 aromatic rings. The van der Waals surface area contributed by atoms with Crippen LogP contribution < -0.4 is 10.6 Å². The number of nitrogens with one attached hydrogen (secondary N) is 2. The third kappa shape index (κ3) is 7.30. The Hall–Kier alpha value is -2.49. The summed E-state index contributed by atoms with van der Waals surface area (Å²) in [5, 5.41) is 19.9. The number of hydrogen-bond donors (Lipinski definition) is 2. The first-order chi connectivity index (χ1) is 14.9. The van der Waals surface area contributed by atoms with E-state index in [1.54, 1.807) is 23.5 Å². The van der Waals surface area contributed by atoms with Crippen molar-refractivity contribution in [3.63, 3.8) is 0 Å². The topological polar surface area (TPSA) is 92.0 Å². The van der Waals surface area contributed by atoms with Gasteiger partial charge >= 0.3 is 0 Å². The Kier molecular flexibility index (Phi) is 8.39. The van der Waals surface area contributed by atoms with Gasteiger partial charge in [0.15, 0.2) is 5.96 Å². The number of morpholine rings is 1. The largest absolute Gasteiger partial charge is 0.379 e.